The molecule has 0 saturated carbocycles. The zero-order valence-corrected chi connectivity index (χ0v) is 14.7. The molecule has 1 aliphatic rings. The van der Waals surface area contributed by atoms with E-state index in [1.807, 2.05) is 0 Å². The first kappa shape index (κ1) is 20.5. The Kier molecular flexibility index (Phi) is 9.51. The summed E-state index contributed by atoms with van der Waals surface area (Å²) in [5, 5.41) is 4.35. The van der Waals surface area contributed by atoms with Crippen LogP contribution in [0.2, 0.25) is 0 Å². The second-order valence-corrected chi connectivity index (χ2v) is 4.29. The average molecular weight is 350 g/mol. The van der Waals surface area contributed by atoms with Crippen molar-refractivity contribution in [2.75, 3.05) is 42.7 Å². The van der Waals surface area contributed by atoms with Crippen molar-refractivity contribution in [3.8, 4) is 0 Å². The van der Waals surface area contributed by atoms with Crippen molar-refractivity contribution >= 4 is 5.84 Å². The normalized spacial score (nSPS) is 17.4. The fourth-order valence-electron chi connectivity index (χ4n) is 1.63. The highest BCUT2D eigenvalue weighted by atomic mass is 16.7. The summed E-state index contributed by atoms with van der Waals surface area (Å²) in [5.74, 6) is 0.944. The van der Waals surface area contributed by atoms with Gasteiger partial charge in [0.1, 0.15) is 11.7 Å². The quantitative estimate of drug-likeness (QED) is 0.322. The predicted octanol–water partition coefficient (Wildman–Crippen LogP) is -1.63. The number of nitrogens with zero attached hydrogens (tertiary/aromatic N) is 2. The lowest BCUT2D eigenvalue weighted by atomic mass is 10.5. The van der Waals surface area contributed by atoms with E-state index in [4.69, 9.17) is 28.4 Å². The topological polar surface area (TPSA) is 119 Å². The maximum Gasteiger partial charge on any atom is 0.259 e. The minimum atomic E-state index is -0.772. The van der Waals surface area contributed by atoms with Crippen molar-refractivity contribution in [1.82, 2.24) is 26.8 Å². The highest BCUT2D eigenvalue weighted by molar-refractivity contribution is 5.93. The van der Waals surface area contributed by atoms with Gasteiger partial charge in [-0.2, -0.15) is 5.43 Å². The Balaban J connectivity index is 2.91. The summed E-state index contributed by atoms with van der Waals surface area (Å²) in [7, 11) is 8.96. The maximum atomic E-state index is 5.11. The largest absolute Gasteiger partial charge is 0.342 e. The van der Waals surface area contributed by atoms with Gasteiger partial charge in [-0.05, 0) is 0 Å². The van der Waals surface area contributed by atoms with E-state index >= 15 is 0 Å². The van der Waals surface area contributed by atoms with Crippen LogP contribution in [0.15, 0.2) is 16.9 Å². The smallest absolute Gasteiger partial charge is 0.259 e. The van der Waals surface area contributed by atoms with Crippen LogP contribution in [0.3, 0.4) is 0 Å². The molecular weight excluding hydrogens is 324 g/mol. The number of methoxy groups -OCH3 is 6. The summed E-state index contributed by atoms with van der Waals surface area (Å²) in [6, 6.07) is 0. The minimum absolute atomic E-state index is 0.425. The van der Waals surface area contributed by atoms with Gasteiger partial charge in [-0.15, -0.1) is 0 Å². The van der Waals surface area contributed by atoms with Crippen LogP contribution in [0, 0.1) is 0 Å². The Bertz CT molecular complexity index is 411. The molecule has 0 unspecified atom stereocenters. The van der Waals surface area contributed by atoms with Crippen LogP contribution in [0.1, 0.15) is 0 Å². The standard InChI is InChI=1S/C12H26N6O6/c1-19-10(20-2)13-8-7-9(14-11(21-3)22-4)16-18(15-8)17-12(23-5)24-6/h7,10-13,15,17H,1-6H3,(H,14,16). The van der Waals surface area contributed by atoms with Crippen molar-refractivity contribution in [1.29, 1.82) is 0 Å². The Labute approximate surface area is 141 Å². The number of rotatable bonds is 11. The molecule has 0 radical (unpaired) electrons. The number of hydrogen-bond acceptors (Lipinski definition) is 11. The van der Waals surface area contributed by atoms with Gasteiger partial charge in [0.25, 0.3) is 6.41 Å². The average Bonchev–Trinajstić information content (AvgIpc) is 2.61. The van der Waals surface area contributed by atoms with E-state index in [1.165, 1.54) is 47.9 Å². The second-order valence-electron chi connectivity index (χ2n) is 4.29. The van der Waals surface area contributed by atoms with Gasteiger partial charge >= 0.3 is 0 Å². The lowest BCUT2D eigenvalue weighted by Crippen LogP contribution is -2.64. The molecule has 0 bridgehead atoms. The van der Waals surface area contributed by atoms with E-state index in [1.54, 1.807) is 6.08 Å². The molecule has 1 rings (SSSR count). The van der Waals surface area contributed by atoms with E-state index < -0.39 is 19.2 Å². The Hall–Kier alpha value is -1.51. The lowest BCUT2D eigenvalue weighted by Gasteiger charge is -2.34. The van der Waals surface area contributed by atoms with Gasteiger partial charge in [0.15, 0.2) is 0 Å². The first-order valence-electron chi connectivity index (χ1n) is 6.92. The Morgan fingerprint density at radius 3 is 1.96 bits per heavy atom. The van der Waals surface area contributed by atoms with Gasteiger partial charge in [-0.3, -0.25) is 10.9 Å². The fraction of sp³-hybridized carbons (Fsp3) is 0.750. The van der Waals surface area contributed by atoms with Gasteiger partial charge in [-0.25, -0.2) is 4.99 Å². The summed E-state index contributed by atoms with van der Waals surface area (Å²) in [5.41, 5.74) is 8.78. The van der Waals surface area contributed by atoms with Gasteiger partial charge in [0.05, 0.1) is 0 Å². The van der Waals surface area contributed by atoms with Crippen LogP contribution in [-0.2, 0) is 28.4 Å². The molecule has 24 heavy (non-hydrogen) atoms. The molecule has 1 heterocycles. The Morgan fingerprint density at radius 2 is 1.46 bits per heavy atom. The molecule has 0 aromatic heterocycles. The lowest BCUT2D eigenvalue weighted by molar-refractivity contribution is -0.174. The third-order valence-electron chi connectivity index (χ3n) is 2.75. The first-order chi connectivity index (χ1) is 11.6. The summed E-state index contributed by atoms with van der Waals surface area (Å²) in [4.78, 5) is 4.25. The molecule has 0 spiro atoms. The van der Waals surface area contributed by atoms with E-state index in [-0.39, 0.29) is 0 Å². The number of nitrogens with one attached hydrogen (secondary N) is 4. The molecule has 12 nitrogen and oxygen atoms in total. The van der Waals surface area contributed by atoms with Gasteiger partial charge in [-0.1, -0.05) is 5.23 Å². The monoisotopic (exact) mass is 350 g/mol. The fourth-order valence-corrected chi connectivity index (χ4v) is 1.63. The van der Waals surface area contributed by atoms with Crippen LogP contribution in [0.5, 0.6) is 0 Å². The summed E-state index contributed by atoms with van der Waals surface area (Å²) >= 11 is 0. The number of aliphatic imine (C=N–C) groups is 1. The number of amidine groups is 1. The predicted molar refractivity (Wildman–Crippen MR) is 83.3 cm³/mol. The number of ether oxygens (including phenoxy) is 6. The van der Waals surface area contributed by atoms with Gasteiger partial charge in [0.2, 0.25) is 12.8 Å². The third-order valence-corrected chi connectivity index (χ3v) is 2.75. The molecule has 0 aromatic rings. The molecule has 0 aromatic carbocycles. The summed E-state index contributed by atoms with van der Waals surface area (Å²) < 4.78 is 30.5. The molecule has 0 saturated heterocycles. The van der Waals surface area contributed by atoms with Crippen molar-refractivity contribution in [3.63, 3.8) is 0 Å². The Morgan fingerprint density at radius 1 is 0.875 bits per heavy atom. The third kappa shape index (κ3) is 6.54. The summed E-state index contributed by atoms with van der Waals surface area (Å²) in [6.45, 7) is 0. The maximum absolute atomic E-state index is 5.11. The van der Waals surface area contributed by atoms with Crippen LogP contribution in [0.25, 0.3) is 0 Å². The van der Waals surface area contributed by atoms with Crippen LogP contribution >= 0.6 is 0 Å². The molecule has 1 aliphatic heterocycles. The molecule has 140 valence electrons. The van der Waals surface area contributed by atoms with Crippen molar-refractivity contribution in [2.24, 2.45) is 4.99 Å². The molecule has 0 amide bonds. The molecule has 0 fully saturated rings. The highest BCUT2D eigenvalue weighted by Crippen LogP contribution is 2.01. The van der Waals surface area contributed by atoms with Crippen LogP contribution < -0.4 is 21.6 Å². The van der Waals surface area contributed by atoms with Crippen LogP contribution in [0.4, 0.5) is 0 Å². The van der Waals surface area contributed by atoms with Crippen molar-refractivity contribution in [2.45, 2.75) is 19.2 Å². The second kappa shape index (κ2) is 11.1. The molecular formula is C12H26N6O6. The number of hydrogen-bond donors (Lipinski definition) is 4. The summed E-state index contributed by atoms with van der Waals surface area (Å²) in [6.07, 6.45) is -0.465. The van der Waals surface area contributed by atoms with E-state index in [2.05, 4.69) is 26.6 Å². The zero-order valence-electron chi connectivity index (χ0n) is 14.7. The van der Waals surface area contributed by atoms with Crippen molar-refractivity contribution in [3.05, 3.63) is 11.9 Å². The molecule has 0 atom stereocenters. The van der Waals surface area contributed by atoms with Gasteiger partial charge < -0.3 is 33.7 Å². The zero-order chi connectivity index (χ0) is 17.9. The SMILES string of the molecule is COC(/N=C1/C=C(NC(OC)OC)NN(NC(OC)OC)N1)OC. The van der Waals surface area contributed by atoms with Gasteiger partial charge in [0, 0.05) is 48.7 Å². The molecule has 0 aliphatic carbocycles. The van der Waals surface area contributed by atoms with E-state index in [0.29, 0.717) is 11.7 Å². The molecule has 12 heteroatoms. The van der Waals surface area contributed by atoms with E-state index in [0.717, 1.165) is 0 Å². The van der Waals surface area contributed by atoms with E-state index in [9.17, 15) is 0 Å². The minimum Gasteiger partial charge on any atom is -0.342 e. The highest BCUT2D eigenvalue weighted by Gasteiger charge is 2.21. The number of hydrazine groups is 3. The molecule has 4 N–H and O–H groups in total. The van der Waals surface area contributed by atoms with Crippen molar-refractivity contribution < 1.29 is 28.4 Å². The van der Waals surface area contributed by atoms with Crippen LogP contribution in [-0.4, -0.2) is 73.0 Å². The first-order valence-corrected chi connectivity index (χ1v) is 6.92.